The van der Waals surface area contributed by atoms with Crippen LogP contribution in [0.1, 0.15) is 18.1 Å². The molecule has 0 aliphatic carbocycles. The zero-order valence-electron chi connectivity index (χ0n) is 15.7. The van der Waals surface area contributed by atoms with Crippen LogP contribution in [0.25, 0.3) is 0 Å². The van der Waals surface area contributed by atoms with Gasteiger partial charge in [-0.05, 0) is 49.4 Å². The lowest BCUT2D eigenvalue weighted by molar-refractivity contribution is -0.112. The van der Waals surface area contributed by atoms with Crippen molar-refractivity contribution in [2.45, 2.75) is 13.5 Å². The summed E-state index contributed by atoms with van der Waals surface area (Å²) in [5.74, 6) is 0.584. The molecule has 3 aromatic rings. The summed E-state index contributed by atoms with van der Waals surface area (Å²) >= 11 is 12.6. The Hall–Kier alpha value is -2.82. The molecule has 0 radical (unpaired) electrons. The van der Waals surface area contributed by atoms with E-state index in [1.54, 1.807) is 23.1 Å². The first-order chi connectivity index (χ1) is 14.1. The van der Waals surface area contributed by atoms with Crippen LogP contribution in [-0.2, 0) is 11.3 Å². The molecule has 4 rings (SSSR count). The van der Waals surface area contributed by atoms with Crippen LogP contribution in [0, 0.1) is 0 Å². The Labute approximate surface area is 179 Å². The largest absolute Gasteiger partial charge is 0.494 e. The van der Waals surface area contributed by atoms with Gasteiger partial charge in [0, 0.05) is 21.2 Å². The maximum absolute atomic E-state index is 13.2. The predicted octanol–water partition coefficient (Wildman–Crippen LogP) is 6.06. The van der Waals surface area contributed by atoms with Gasteiger partial charge < -0.3 is 9.64 Å². The Kier molecular flexibility index (Phi) is 5.56. The predicted molar refractivity (Wildman–Crippen MR) is 118 cm³/mol. The minimum atomic E-state index is -0.184. The van der Waals surface area contributed by atoms with Crippen molar-refractivity contribution >= 4 is 46.2 Å². The normalized spacial score (nSPS) is 14.4. The highest BCUT2D eigenvalue weighted by atomic mass is 35.5. The molecule has 146 valence electrons. The van der Waals surface area contributed by atoms with Crippen molar-refractivity contribution in [1.29, 1.82) is 0 Å². The number of amides is 1. The minimum Gasteiger partial charge on any atom is -0.494 e. The number of para-hydroxylation sites is 1. The van der Waals surface area contributed by atoms with Crippen LogP contribution in [0.15, 0.2) is 71.7 Å². The molecule has 1 aliphatic rings. The highest BCUT2D eigenvalue weighted by Crippen LogP contribution is 2.35. The number of aliphatic imine (C=N–C) groups is 1. The molecule has 6 heteroatoms. The highest BCUT2D eigenvalue weighted by molar-refractivity contribution is 6.54. The zero-order valence-corrected chi connectivity index (χ0v) is 17.2. The maximum atomic E-state index is 13.2. The van der Waals surface area contributed by atoms with E-state index in [9.17, 15) is 4.79 Å². The number of benzene rings is 3. The Bertz CT molecular complexity index is 1070. The molecule has 1 heterocycles. The summed E-state index contributed by atoms with van der Waals surface area (Å²) in [6.45, 7) is 2.80. The van der Waals surface area contributed by atoms with Gasteiger partial charge in [-0.2, -0.15) is 0 Å². The van der Waals surface area contributed by atoms with E-state index in [0.717, 1.165) is 17.0 Å². The first-order valence-corrected chi connectivity index (χ1v) is 9.99. The molecule has 0 atom stereocenters. The molecule has 1 amide bonds. The number of anilines is 1. The summed E-state index contributed by atoms with van der Waals surface area (Å²) in [6.07, 6.45) is 0. The molecule has 0 saturated heterocycles. The average Bonchev–Trinajstić information content (AvgIpc) is 2.98. The molecule has 4 nitrogen and oxygen atoms in total. The first-order valence-electron chi connectivity index (χ1n) is 9.24. The third-order valence-corrected chi connectivity index (χ3v) is 5.37. The van der Waals surface area contributed by atoms with Gasteiger partial charge in [0.25, 0.3) is 5.91 Å². The van der Waals surface area contributed by atoms with Crippen molar-refractivity contribution < 1.29 is 9.53 Å². The summed E-state index contributed by atoms with van der Waals surface area (Å²) in [5.41, 5.74) is 3.37. The van der Waals surface area contributed by atoms with Gasteiger partial charge in [-0.3, -0.25) is 4.79 Å². The fraction of sp³-hybridized carbons (Fsp3) is 0.130. The Morgan fingerprint density at radius 3 is 2.31 bits per heavy atom. The van der Waals surface area contributed by atoms with E-state index in [0.29, 0.717) is 33.6 Å². The number of nitrogens with zero attached hydrogens (tertiary/aromatic N) is 2. The van der Waals surface area contributed by atoms with E-state index in [4.69, 9.17) is 27.9 Å². The van der Waals surface area contributed by atoms with Crippen LogP contribution < -0.4 is 9.64 Å². The Balaban J connectivity index is 1.71. The van der Waals surface area contributed by atoms with Crippen LogP contribution in [0.5, 0.6) is 5.75 Å². The lowest BCUT2D eigenvalue weighted by Gasteiger charge is -2.18. The summed E-state index contributed by atoms with van der Waals surface area (Å²) in [4.78, 5) is 19.5. The monoisotopic (exact) mass is 424 g/mol. The van der Waals surface area contributed by atoms with Gasteiger partial charge in [0.2, 0.25) is 0 Å². The van der Waals surface area contributed by atoms with Crippen LogP contribution in [0.3, 0.4) is 0 Å². The second-order valence-electron chi connectivity index (χ2n) is 6.50. The van der Waals surface area contributed by atoms with Crippen LogP contribution in [0.4, 0.5) is 11.4 Å². The number of carbonyl (C=O) groups excluding carboxylic acids is 1. The SMILES string of the molecule is CCOc1ccc(N=C2C(=O)N(Cc3c(Cl)cccc3Cl)c3ccccc32)cc1. The molecule has 0 fully saturated rings. The number of halogens is 2. The second-order valence-corrected chi connectivity index (χ2v) is 7.31. The third-order valence-electron chi connectivity index (χ3n) is 4.66. The molecule has 0 aromatic heterocycles. The second kappa shape index (κ2) is 8.27. The maximum Gasteiger partial charge on any atom is 0.277 e. The van der Waals surface area contributed by atoms with Crippen molar-refractivity contribution in [3.05, 3.63) is 87.9 Å². The van der Waals surface area contributed by atoms with Gasteiger partial charge >= 0.3 is 0 Å². The fourth-order valence-electron chi connectivity index (χ4n) is 3.28. The van der Waals surface area contributed by atoms with Crippen molar-refractivity contribution in [2.24, 2.45) is 4.99 Å². The molecule has 0 N–H and O–H groups in total. The summed E-state index contributed by atoms with van der Waals surface area (Å²) in [5, 5.41) is 1.05. The van der Waals surface area contributed by atoms with Gasteiger partial charge in [0.1, 0.15) is 11.5 Å². The molecule has 29 heavy (non-hydrogen) atoms. The quantitative estimate of drug-likeness (QED) is 0.499. The van der Waals surface area contributed by atoms with Crippen LogP contribution >= 0.6 is 23.2 Å². The average molecular weight is 425 g/mol. The highest BCUT2D eigenvalue weighted by Gasteiger charge is 2.34. The standard InChI is InChI=1S/C23H18Cl2N2O2/c1-2-29-16-12-10-15(11-13-16)26-22-17-6-3-4-9-21(17)27(23(22)28)14-18-19(24)7-5-8-20(18)25/h3-13H,2,14H2,1H3. The fourth-order valence-corrected chi connectivity index (χ4v) is 3.80. The number of fused-ring (bicyclic) bond motifs is 1. The van der Waals surface area contributed by atoms with Gasteiger partial charge in [-0.15, -0.1) is 0 Å². The summed E-state index contributed by atoms with van der Waals surface area (Å²) in [6, 6.07) is 20.3. The van der Waals surface area contributed by atoms with Crippen molar-refractivity contribution in [2.75, 3.05) is 11.5 Å². The van der Waals surface area contributed by atoms with E-state index < -0.39 is 0 Å². The van der Waals surface area contributed by atoms with E-state index in [1.165, 1.54) is 0 Å². The molecule has 3 aromatic carbocycles. The molecule has 0 unspecified atom stereocenters. The molecule has 0 bridgehead atoms. The van der Waals surface area contributed by atoms with Gasteiger partial charge in [0.15, 0.2) is 0 Å². The third kappa shape index (κ3) is 3.86. The molecule has 1 aliphatic heterocycles. The molecular formula is C23H18Cl2N2O2. The van der Waals surface area contributed by atoms with Gasteiger partial charge in [-0.25, -0.2) is 4.99 Å². The van der Waals surface area contributed by atoms with Crippen LogP contribution in [-0.4, -0.2) is 18.2 Å². The minimum absolute atomic E-state index is 0.184. The van der Waals surface area contributed by atoms with E-state index in [2.05, 4.69) is 4.99 Å². The summed E-state index contributed by atoms with van der Waals surface area (Å²) in [7, 11) is 0. The number of ether oxygens (including phenoxy) is 1. The van der Waals surface area contributed by atoms with E-state index >= 15 is 0 Å². The Morgan fingerprint density at radius 1 is 0.931 bits per heavy atom. The summed E-state index contributed by atoms with van der Waals surface area (Å²) < 4.78 is 5.47. The van der Waals surface area contributed by atoms with E-state index in [1.807, 2.05) is 55.5 Å². The van der Waals surface area contributed by atoms with Gasteiger partial charge in [-0.1, -0.05) is 47.5 Å². The van der Waals surface area contributed by atoms with Crippen molar-refractivity contribution in [3.8, 4) is 5.75 Å². The van der Waals surface area contributed by atoms with Crippen molar-refractivity contribution in [1.82, 2.24) is 0 Å². The molecule has 0 spiro atoms. The topological polar surface area (TPSA) is 41.9 Å². The number of rotatable bonds is 5. The number of carbonyl (C=O) groups is 1. The zero-order chi connectivity index (χ0) is 20.4. The molecule has 0 saturated carbocycles. The lowest BCUT2D eigenvalue weighted by atomic mass is 10.1. The first kappa shape index (κ1) is 19.5. The van der Waals surface area contributed by atoms with E-state index in [-0.39, 0.29) is 12.5 Å². The van der Waals surface area contributed by atoms with Crippen molar-refractivity contribution in [3.63, 3.8) is 0 Å². The number of hydrogen-bond donors (Lipinski definition) is 0. The molecular weight excluding hydrogens is 407 g/mol. The van der Waals surface area contributed by atoms with Crippen LogP contribution in [0.2, 0.25) is 10.0 Å². The van der Waals surface area contributed by atoms with Gasteiger partial charge in [0.05, 0.1) is 24.5 Å². The number of hydrogen-bond acceptors (Lipinski definition) is 3. The lowest BCUT2D eigenvalue weighted by Crippen LogP contribution is -2.29. The Morgan fingerprint density at radius 2 is 1.62 bits per heavy atom. The smallest absolute Gasteiger partial charge is 0.277 e.